The Morgan fingerprint density at radius 1 is 0.404 bits per heavy atom. The van der Waals surface area contributed by atoms with Crippen molar-refractivity contribution in [2.75, 3.05) is 0 Å². The number of para-hydroxylation sites is 3. The van der Waals surface area contributed by atoms with E-state index in [4.69, 9.17) is 4.42 Å². The van der Waals surface area contributed by atoms with Crippen molar-refractivity contribution < 1.29 is 4.42 Å². The van der Waals surface area contributed by atoms with Gasteiger partial charge >= 0.3 is 0 Å². The number of nitrogens with zero attached hydrogens (tertiary/aromatic N) is 2. The number of hydrogen-bond donors (Lipinski definition) is 0. The molecule has 3 heteroatoms. The maximum Gasteiger partial charge on any atom is 0.135 e. The van der Waals surface area contributed by atoms with Crippen LogP contribution in [0.25, 0.3) is 116 Å². The molecular weight excluding hydrogens is 693 g/mol. The Morgan fingerprint density at radius 2 is 1.00 bits per heavy atom. The van der Waals surface area contributed by atoms with Crippen molar-refractivity contribution in [2.45, 2.75) is 0 Å². The monoisotopic (exact) mass is 726 g/mol. The van der Waals surface area contributed by atoms with Crippen molar-refractivity contribution in [2.24, 2.45) is 0 Å². The largest absolute Gasteiger partial charge is 0.456 e. The van der Waals surface area contributed by atoms with Crippen LogP contribution in [0.5, 0.6) is 0 Å². The molecule has 0 bridgehead atoms. The lowest BCUT2D eigenvalue weighted by molar-refractivity contribution is 0.669. The summed E-state index contributed by atoms with van der Waals surface area (Å²) in [5.74, 6) is 0. The van der Waals surface area contributed by atoms with E-state index in [9.17, 15) is 0 Å². The molecular formula is C54H34N2O. The number of furan rings is 1. The molecule has 0 aliphatic heterocycles. The number of aromatic nitrogens is 2. The first-order valence-electron chi connectivity index (χ1n) is 19.5. The molecule has 0 fully saturated rings. The van der Waals surface area contributed by atoms with Crippen LogP contribution in [0.3, 0.4) is 0 Å². The standard InChI is InChI=1S/C54H34N2O/c1-2-3-15-36-32-47-51(42-21-9-12-23-45(42)55(47)37-28-26-35(27-29-37)34-16-5-4-6-17-34)53-50(36)40-19-7-8-20-41(40)54-52(53)43-22-10-13-24-46(43)56(54)38-30-31-49-44(33-38)39-18-11-14-25-48(39)57-49/h2-33H,1H2/b15-3-. The normalized spacial score (nSPS) is 12.2. The second-order valence-corrected chi connectivity index (χ2v) is 14.9. The summed E-state index contributed by atoms with van der Waals surface area (Å²) in [7, 11) is 0. The van der Waals surface area contributed by atoms with Crippen molar-refractivity contribution in [3.8, 4) is 22.5 Å². The van der Waals surface area contributed by atoms with Gasteiger partial charge in [-0.15, -0.1) is 0 Å². The molecule has 0 amide bonds. The molecule has 0 unspecified atom stereocenters. The molecule has 0 saturated heterocycles. The van der Waals surface area contributed by atoms with E-state index in [0.29, 0.717) is 0 Å². The maximum atomic E-state index is 6.30. The lowest BCUT2D eigenvalue weighted by atomic mass is 9.90. The lowest BCUT2D eigenvalue weighted by Gasteiger charge is -2.16. The van der Waals surface area contributed by atoms with Crippen LogP contribution in [0, 0.1) is 0 Å². The van der Waals surface area contributed by atoms with Gasteiger partial charge in [0.05, 0.1) is 22.1 Å². The minimum absolute atomic E-state index is 0.890. The van der Waals surface area contributed by atoms with E-state index in [1.807, 2.05) is 18.2 Å². The molecule has 0 N–H and O–H groups in total. The van der Waals surface area contributed by atoms with Crippen molar-refractivity contribution in [3.05, 3.63) is 200 Å². The van der Waals surface area contributed by atoms with Crippen molar-refractivity contribution in [3.63, 3.8) is 0 Å². The Labute approximate surface area is 328 Å². The van der Waals surface area contributed by atoms with Crippen LogP contribution in [0.4, 0.5) is 0 Å². The van der Waals surface area contributed by atoms with Gasteiger partial charge in [0, 0.05) is 54.5 Å². The number of rotatable bonds is 5. The van der Waals surface area contributed by atoms with Crippen molar-refractivity contribution in [1.29, 1.82) is 0 Å². The molecule has 0 atom stereocenters. The molecule has 0 saturated carbocycles. The molecule has 0 spiro atoms. The SMILES string of the molecule is C=C/C=C\c1cc2c(c3ccccc3n2-c2ccc(-c3ccccc3)cc2)c2c1c1ccccc1c1c2c2ccccc2n1-c1ccc2oc3ccccc3c2c1. The first-order chi connectivity index (χ1) is 28.3. The minimum Gasteiger partial charge on any atom is -0.456 e. The summed E-state index contributed by atoms with van der Waals surface area (Å²) in [4.78, 5) is 0. The van der Waals surface area contributed by atoms with E-state index < -0.39 is 0 Å². The molecule has 0 aliphatic rings. The highest BCUT2D eigenvalue weighted by atomic mass is 16.3. The van der Waals surface area contributed by atoms with Crippen LogP contribution in [0.15, 0.2) is 199 Å². The zero-order chi connectivity index (χ0) is 37.6. The Bertz CT molecular complexity index is 3630. The van der Waals surface area contributed by atoms with Crippen LogP contribution in [-0.4, -0.2) is 9.13 Å². The van der Waals surface area contributed by atoms with Gasteiger partial charge in [-0.25, -0.2) is 0 Å². The van der Waals surface area contributed by atoms with Gasteiger partial charge < -0.3 is 13.6 Å². The molecule has 0 aliphatic carbocycles. The summed E-state index contributed by atoms with van der Waals surface area (Å²) in [5.41, 5.74) is 12.3. The quantitative estimate of drug-likeness (QED) is 0.128. The fourth-order valence-electron chi connectivity index (χ4n) is 9.48. The van der Waals surface area contributed by atoms with Crippen molar-refractivity contribution in [1.82, 2.24) is 9.13 Å². The average molecular weight is 727 g/mol. The second-order valence-electron chi connectivity index (χ2n) is 14.9. The molecule has 3 heterocycles. The molecule has 3 nitrogen and oxygen atoms in total. The summed E-state index contributed by atoms with van der Waals surface area (Å²) in [6.07, 6.45) is 6.16. The summed E-state index contributed by atoms with van der Waals surface area (Å²) in [6.45, 7) is 4.08. The summed E-state index contributed by atoms with van der Waals surface area (Å²) >= 11 is 0. The molecule has 266 valence electrons. The molecule has 12 rings (SSSR count). The van der Waals surface area contributed by atoms with Crippen LogP contribution in [0.2, 0.25) is 0 Å². The highest BCUT2D eigenvalue weighted by molar-refractivity contribution is 6.40. The maximum absolute atomic E-state index is 6.30. The molecule has 12 aromatic rings. The third-order valence-corrected chi connectivity index (χ3v) is 11.8. The fourth-order valence-corrected chi connectivity index (χ4v) is 9.48. The predicted molar refractivity (Wildman–Crippen MR) is 242 cm³/mol. The Morgan fingerprint density at radius 3 is 1.77 bits per heavy atom. The summed E-state index contributed by atoms with van der Waals surface area (Å²) in [5, 5.41) is 12.1. The first-order valence-corrected chi connectivity index (χ1v) is 19.5. The van der Waals surface area contributed by atoms with Gasteiger partial charge in [-0.05, 0) is 82.1 Å². The fraction of sp³-hybridized carbons (Fsp3) is 0. The summed E-state index contributed by atoms with van der Waals surface area (Å²) < 4.78 is 11.2. The highest BCUT2D eigenvalue weighted by Gasteiger charge is 2.25. The van der Waals surface area contributed by atoms with E-state index in [1.54, 1.807) is 0 Å². The van der Waals surface area contributed by atoms with Gasteiger partial charge in [-0.2, -0.15) is 0 Å². The van der Waals surface area contributed by atoms with Crippen LogP contribution < -0.4 is 0 Å². The number of benzene rings is 9. The predicted octanol–water partition coefficient (Wildman–Crippen LogP) is 15.0. The van der Waals surface area contributed by atoms with E-state index >= 15 is 0 Å². The van der Waals surface area contributed by atoms with E-state index in [0.717, 1.165) is 44.4 Å². The second kappa shape index (κ2) is 12.2. The van der Waals surface area contributed by atoms with E-state index in [1.165, 1.54) is 70.8 Å². The molecule has 9 aromatic carbocycles. The Hall–Kier alpha value is -7.62. The molecule has 3 aromatic heterocycles. The van der Waals surface area contributed by atoms with Crippen LogP contribution in [0.1, 0.15) is 5.56 Å². The number of allylic oxidation sites excluding steroid dienone is 2. The Balaban J connectivity index is 1.28. The van der Waals surface area contributed by atoms with Crippen LogP contribution >= 0.6 is 0 Å². The highest BCUT2D eigenvalue weighted by Crippen LogP contribution is 2.49. The van der Waals surface area contributed by atoms with Crippen LogP contribution in [-0.2, 0) is 0 Å². The van der Waals surface area contributed by atoms with Gasteiger partial charge in [0.2, 0.25) is 0 Å². The number of hydrogen-bond acceptors (Lipinski definition) is 1. The smallest absolute Gasteiger partial charge is 0.135 e. The van der Waals surface area contributed by atoms with Gasteiger partial charge in [0.25, 0.3) is 0 Å². The average Bonchev–Trinajstić information content (AvgIpc) is 3.93. The summed E-state index contributed by atoms with van der Waals surface area (Å²) in [6, 6.07) is 63.7. The topological polar surface area (TPSA) is 23.0 Å². The third kappa shape index (κ3) is 4.54. The Kier molecular flexibility index (Phi) is 6.78. The molecule has 0 radical (unpaired) electrons. The van der Waals surface area contributed by atoms with Gasteiger partial charge in [-0.1, -0.05) is 146 Å². The van der Waals surface area contributed by atoms with E-state index in [-0.39, 0.29) is 0 Å². The van der Waals surface area contributed by atoms with E-state index in [2.05, 4.69) is 192 Å². The number of fused-ring (bicyclic) bond motifs is 15. The minimum atomic E-state index is 0.890. The van der Waals surface area contributed by atoms with Gasteiger partial charge in [-0.3, -0.25) is 0 Å². The zero-order valence-corrected chi connectivity index (χ0v) is 31.0. The van der Waals surface area contributed by atoms with Crippen molar-refractivity contribution >= 4 is 93.2 Å². The van der Waals surface area contributed by atoms with Gasteiger partial charge in [0.1, 0.15) is 11.2 Å². The lowest BCUT2D eigenvalue weighted by Crippen LogP contribution is -1.96. The van der Waals surface area contributed by atoms with Gasteiger partial charge in [0.15, 0.2) is 0 Å². The first kappa shape index (κ1) is 31.7. The molecule has 57 heavy (non-hydrogen) atoms. The zero-order valence-electron chi connectivity index (χ0n) is 31.0. The third-order valence-electron chi connectivity index (χ3n) is 11.8.